The number of nitrogens with one attached hydrogen (secondary N) is 1. The Hall–Kier alpha value is -3.99. The Morgan fingerprint density at radius 1 is 1.05 bits per heavy atom. The monoisotopic (exact) mass is 545 g/mol. The van der Waals surface area contributed by atoms with Crippen LogP contribution in [0.3, 0.4) is 0 Å². The Morgan fingerprint density at radius 2 is 1.74 bits per heavy atom. The number of anilines is 1. The average molecular weight is 546 g/mol. The topological polar surface area (TPSA) is 94.2 Å². The number of carbonyl (C=O) groups is 1. The Morgan fingerprint density at radius 3 is 2.37 bits per heavy atom. The molecule has 1 fully saturated rings. The van der Waals surface area contributed by atoms with E-state index in [1.54, 1.807) is 47.1 Å². The fourth-order valence-electron chi connectivity index (χ4n) is 4.78. The van der Waals surface area contributed by atoms with E-state index < -0.39 is 0 Å². The van der Waals surface area contributed by atoms with Crippen molar-refractivity contribution >= 4 is 34.8 Å². The molecule has 0 radical (unpaired) electrons. The van der Waals surface area contributed by atoms with Gasteiger partial charge in [0, 0.05) is 41.0 Å². The molecule has 0 spiro atoms. The molecule has 0 unspecified atom stereocenters. The lowest BCUT2D eigenvalue weighted by atomic mass is 10.0. The number of nitriles is 1. The zero-order valence-electron chi connectivity index (χ0n) is 20.7. The maximum Gasteiger partial charge on any atom is 0.272 e. The van der Waals surface area contributed by atoms with E-state index in [0.29, 0.717) is 38.2 Å². The van der Waals surface area contributed by atoms with Crippen LogP contribution in [0, 0.1) is 18.3 Å². The molecule has 1 aliphatic heterocycles. The van der Waals surface area contributed by atoms with Gasteiger partial charge in [-0.2, -0.15) is 10.4 Å². The molecule has 7 nitrogen and oxygen atoms in total. The molecule has 2 heterocycles. The highest BCUT2D eigenvalue weighted by atomic mass is 35.5. The fourth-order valence-corrected chi connectivity index (χ4v) is 5.27. The maximum absolute atomic E-state index is 13.5. The van der Waals surface area contributed by atoms with Crippen molar-refractivity contribution in [2.24, 2.45) is 0 Å². The van der Waals surface area contributed by atoms with Gasteiger partial charge in [0.25, 0.3) is 5.91 Å². The first-order valence-corrected chi connectivity index (χ1v) is 13.0. The molecule has 0 bridgehead atoms. The SMILES string of the molecule is Cc1c(C(=O)NC2CCN(c3ccc(O)cc3)CC2)nn(-c2ccc(Cl)cc2Cl)c1-c1ccc(C#N)cc1. The molecule has 192 valence electrons. The first-order chi connectivity index (χ1) is 18.3. The van der Waals surface area contributed by atoms with Crippen LogP contribution in [0.4, 0.5) is 5.69 Å². The predicted octanol–water partition coefficient (Wildman–Crippen LogP) is 6.13. The highest BCUT2D eigenvalue weighted by Gasteiger charge is 2.26. The largest absolute Gasteiger partial charge is 0.508 e. The molecule has 1 amide bonds. The van der Waals surface area contributed by atoms with Gasteiger partial charge in [-0.3, -0.25) is 4.79 Å². The van der Waals surface area contributed by atoms with Crippen LogP contribution >= 0.6 is 23.2 Å². The van der Waals surface area contributed by atoms with Gasteiger partial charge >= 0.3 is 0 Å². The van der Waals surface area contributed by atoms with Gasteiger partial charge in [0.1, 0.15) is 5.75 Å². The van der Waals surface area contributed by atoms with Crippen molar-refractivity contribution in [1.82, 2.24) is 15.1 Å². The number of aromatic nitrogens is 2. The van der Waals surface area contributed by atoms with Crippen LogP contribution < -0.4 is 10.2 Å². The molecule has 9 heteroatoms. The number of rotatable bonds is 5. The van der Waals surface area contributed by atoms with Gasteiger partial charge in [-0.15, -0.1) is 0 Å². The smallest absolute Gasteiger partial charge is 0.272 e. The molecular weight excluding hydrogens is 521 g/mol. The number of phenols is 1. The van der Waals surface area contributed by atoms with Crippen LogP contribution in [-0.2, 0) is 0 Å². The van der Waals surface area contributed by atoms with Crippen molar-refractivity contribution in [3.63, 3.8) is 0 Å². The molecule has 0 aliphatic carbocycles. The van der Waals surface area contributed by atoms with Gasteiger partial charge in [-0.05, 0) is 74.4 Å². The van der Waals surface area contributed by atoms with Gasteiger partial charge in [-0.25, -0.2) is 4.68 Å². The summed E-state index contributed by atoms with van der Waals surface area (Å²) in [5.74, 6) is -0.00437. The van der Waals surface area contributed by atoms with Crippen molar-refractivity contribution in [2.75, 3.05) is 18.0 Å². The van der Waals surface area contributed by atoms with Crippen LogP contribution in [0.15, 0.2) is 66.7 Å². The minimum Gasteiger partial charge on any atom is -0.508 e. The zero-order valence-corrected chi connectivity index (χ0v) is 22.2. The maximum atomic E-state index is 13.5. The third-order valence-corrected chi connectivity index (χ3v) is 7.35. The summed E-state index contributed by atoms with van der Waals surface area (Å²) in [5.41, 5.74) is 4.73. The number of carbonyl (C=O) groups excluding carboxylic acids is 1. The quantitative estimate of drug-likeness (QED) is 0.314. The van der Waals surface area contributed by atoms with Crippen LogP contribution in [0.5, 0.6) is 5.75 Å². The molecular formula is C29H25Cl2N5O2. The van der Waals surface area contributed by atoms with Crippen LogP contribution in [0.1, 0.15) is 34.5 Å². The van der Waals surface area contributed by atoms with Crippen molar-refractivity contribution < 1.29 is 9.90 Å². The zero-order chi connectivity index (χ0) is 26.8. The second kappa shape index (κ2) is 10.8. The minimum atomic E-state index is -0.246. The van der Waals surface area contributed by atoms with Gasteiger partial charge in [-0.1, -0.05) is 35.3 Å². The summed E-state index contributed by atoms with van der Waals surface area (Å²) in [5, 5.41) is 27.5. The lowest BCUT2D eigenvalue weighted by Crippen LogP contribution is -2.45. The van der Waals surface area contributed by atoms with E-state index in [1.165, 1.54) is 0 Å². The van der Waals surface area contributed by atoms with Gasteiger partial charge in [0.15, 0.2) is 5.69 Å². The van der Waals surface area contributed by atoms with Crippen LogP contribution in [-0.4, -0.2) is 39.9 Å². The highest BCUT2D eigenvalue weighted by Crippen LogP contribution is 2.33. The van der Waals surface area contributed by atoms with E-state index in [9.17, 15) is 15.2 Å². The first-order valence-electron chi connectivity index (χ1n) is 12.2. The molecule has 3 aromatic carbocycles. The standard InChI is InChI=1S/C29H25Cl2N5O2/c1-18-27(29(38)33-22-12-14-35(15-13-22)23-7-9-24(37)10-8-23)34-36(26-11-6-21(30)16-25(26)31)28(18)20-4-2-19(17-32)3-5-20/h2-11,16,22,37H,12-15H2,1H3,(H,33,38). The van der Waals surface area contributed by atoms with Gasteiger partial charge in [0.05, 0.1) is 28.0 Å². The summed E-state index contributed by atoms with van der Waals surface area (Å²) in [6, 6.07) is 21.6. The summed E-state index contributed by atoms with van der Waals surface area (Å²) >= 11 is 12.7. The molecule has 0 saturated carbocycles. The summed E-state index contributed by atoms with van der Waals surface area (Å²) in [6.45, 7) is 3.45. The molecule has 0 atom stereocenters. The van der Waals surface area contributed by atoms with E-state index in [1.807, 2.05) is 31.2 Å². The lowest BCUT2D eigenvalue weighted by Gasteiger charge is -2.33. The fraction of sp³-hybridized carbons (Fsp3) is 0.207. The minimum absolute atomic E-state index is 0.0119. The first kappa shape index (κ1) is 25.7. The number of aromatic hydroxyl groups is 1. The third-order valence-electron chi connectivity index (χ3n) is 6.81. The molecule has 1 saturated heterocycles. The number of halogens is 2. The summed E-state index contributed by atoms with van der Waals surface area (Å²) in [7, 11) is 0. The Kier molecular flexibility index (Phi) is 7.28. The number of piperidine rings is 1. The molecule has 5 rings (SSSR count). The van der Waals surface area contributed by atoms with Gasteiger partial charge < -0.3 is 15.3 Å². The average Bonchev–Trinajstić information content (AvgIpc) is 3.26. The number of hydrogen-bond acceptors (Lipinski definition) is 5. The normalized spacial score (nSPS) is 13.8. The van der Waals surface area contributed by atoms with E-state index >= 15 is 0 Å². The number of benzene rings is 3. The summed E-state index contributed by atoms with van der Waals surface area (Å²) < 4.78 is 1.66. The second-order valence-electron chi connectivity index (χ2n) is 9.27. The van der Waals surface area contributed by atoms with Crippen molar-refractivity contribution in [1.29, 1.82) is 5.26 Å². The Balaban J connectivity index is 1.41. The van der Waals surface area contributed by atoms with E-state index in [2.05, 4.69) is 16.3 Å². The van der Waals surface area contributed by atoms with Crippen LogP contribution in [0.25, 0.3) is 16.9 Å². The van der Waals surface area contributed by atoms with Gasteiger partial charge in [0.2, 0.25) is 0 Å². The number of hydrogen-bond donors (Lipinski definition) is 2. The van der Waals surface area contributed by atoms with Crippen molar-refractivity contribution in [3.05, 3.63) is 93.6 Å². The summed E-state index contributed by atoms with van der Waals surface area (Å²) in [6.07, 6.45) is 1.58. The summed E-state index contributed by atoms with van der Waals surface area (Å²) in [4.78, 5) is 15.7. The molecule has 2 N–H and O–H groups in total. The molecule has 1 aromatic heterocycles. The molecule has 38 heavy (non-hydrogen) atoms. The van der Waals surface area contributed by atoms with Crippen molar-refractivity contribution in [3.8, 4) is 28.8 Å². The third kappa shape index (κ3) is 5.19. The Labute approximate surface area is 230 Å². The second-order valence-corrected chi connectivity index (χ2v) is 10.1. The van der Waals surface area contributed by atoms with Crippen molar-refractivity contribution in [2.45, 2.75) is 25.8 Å². The predicted molar refractivity (Wildman–Crippen MR) is 149 cm³/mol. The van der Waals surface area contributed by atoms with E-state index in [0.717, 1.165) is 37.2 Å². The lowest BCUT2D eigenvalue weighted by molar-refractivity contribution is 0.0925. The molecule has 1 aliphatic rings. The number of amides is 1. The van der Waals surface area contributed by atoms with E-state index in [-0.39, 0.29) is 17.7 Å². The number of nitrogens with zero attached hydrogens (tertiary/aromatic N) is 4. The van der Waals surface area contributed by atoms with Crippen LogP contribution in [0.2, 0.25) is 10.0 Å². The highest BCUT2D eigenvalue weighted by molar-refractivity contribution is 6.35. The number of phenolic OH excluding ortho intramolecular Hbond substituents is 1. The Bertz CT molecular complexity index is 1520. The molecule has 4 aromatic rings. The van der Waals surface area contributed by atoms with E-state index in [4.69, 9.17) is 28.3 Å².